The van der Waals surface area contributed by atoms with Crippen molar-refractivity contribution in [2.24, 2.45) is 5.92 Å². The van der Waals surface area contributed by atoms with Crippen molar-refractivity contribution in [1.29, 1.82) is 0 Å². The van der Waals surface area contributed by atoms with Crippen LogP contribution < -0.4 is 10.2 Å². The second-order valence-electron chi connectivity index (χ2n) is 4.63. The van der Waals surface area contributed by atoms with Gasteiger partial charge in [-0.1, -0.05) is 12.2 Å². The van der Waals surface area contributed by atoms with Gasteiger partial charge in [-0.25, -0.2) is 9.97 Å². The third-order valence-corrected chi connectivity index (χ3v) is 3.01. The van der Waals surface area contributed by atoms with Gasteiger partial charge in [0.2, 0.25) is 5.91 Å². The molecule has 0 fully saturated rings. The van der Waals surface area contributed by atoms with Crippen LogP contribution in [-0.2, 0) is 4.79 Å². The lowest BCUT2D eigenvalue weighted by molar-refractivity contribution is -0.120. The number of allylic oxidation sites excluding steroid dienone is 2. The van der Waals surface area contributed by atoms with Crippen molar-refractivity contribution in [1.82, 2.24) is 9.97 Å². The fraction of sp³-hybridized carbons (Fsp3) is 0.462. The second-order valence-corrected chi connectivity index (χ2v) is 4.63. The van der Waals surface area contributed by atoms with Gasteiger partial charge in [0.05, 0.1) is 6.20 Å². The molecule has 2 rings (SSSR count). The average molecular weight is 246 g/mol. The first kappa shape index (κ1) is 12.5. The van der Waals surface area contributed by atoms with E-state index >= 15 is 0 Å². The van der Waals surface area contributed by atoms with Gasteiger partial charge in [0.15, 0.2) is 5.82 Å². The van der Waals surface area contributed by atoms with Crippen LogP contribution in [0, 0.1) is 5.92 Å². The SMILES string of the molecule is CN(C)c1ncncc1NC(=O)[C@@H]1CC=CCC1. The molecule has 0 aromatic carbocycles. The van der Waals surface area contributed by atoms with E-state index in [1.165, 1.54) is 6.33 Å². The molecular weight excluding hydrogens is 228 g/mol. The highest BCUT2D eigenvalue weighted by atomic mass is 16.1. The summed E-state index contributed by atoms with van der Waals surface area (Å²) in [7, 11) is 3.78. The average Bonchev–Trinajstić information content (AvgIpc) is 2.40. The number of carbonyl (C=O) groups excluding carboxylic acids is 1. The van der Waals surface area contributed by atoms with E-state index in [2.05, 4.69) is 27.4 Å². The first-order chi connectivity index (χ1) is 8.68. The fourth-order valence-electron chi connectivity index (χ4n) is 2.03. The Balaban J connectivity index is 2.09. The second kappa shape index (κ2) is 5.62. The molecule has 18 heavy (non-hydrogen) atoms. The Morgan fingerprint density at radius 3 is 2.94 bits per heavy atom. The number of aromatic nitrogens is 2. The molecule has 96 valence electrons. The van der Waals surface area contributed by atoms with Crippen LogP contribution in [-0.4, -0.2) is 30.0 Å². The summed E-state index contributed by atoms with van der Waals surface area (Å²) in [5, 5.41) is 2.92. The maximum absolute atomic E-state index is 12.1. The Hall–Kier alpha value is -1.91. The van der Waals surface area contributed by atoms with Gasteiger partial charge in [0.25, 0.3) is 0 Å². The summed E-state index contributed by atoms with van der Waals surface area (Å²) in [6.07, 6.45) is 10.0. The first-order valence-corrected chi connectivity index (χ1v) is 6.11. The van der Waals surface area contributed by atoms with Crippen LogP contribution >= 0.6 is 0 Å². The molecule has 0 unspecified atom stereocenters. The number of nitrogens with zero attached hydrogens (tertiary/aromatic N) is 3. The van der Waals surface area contributed by atoms with E-state index in [4.69, 9.17) is 0 Å². The minimum absolute atomic E-state index is 0.0530. The smallest absolute Gasteiger partial charge is 0.227 e. The van der Waals surface area contributed by atoms with E-state index in [0.29, 0.717) is 5.69 Å². The lowest BCUT2D eigenvalue weighted by Gasteiger charge is -2.20. The number of anilines is 2. The van der Waals surface area contributed by atoms with Crippen molar-refractivity contribution >= 4 is 17.4 Å². The zero-order chi connectivity index (χ0) is 13.0. The first-order valence-electron chi connectivity index (χ1n) is 6.11. The predicted molar refractivity (Wildman–Crippen MR) is 71.5 cm³/mol. The molecule has 1 N–H and O–H groups in total. The Kier molecular flexibility index (Phi) is 3.92. The van der Waals surface area contributed by atoms with Crippen molar-refractivity contribution < 1.29 is 4.79 Å². The molecule has 5 nitrogen and oxygen atoms in total. The Morgan fingerprint density at radius 2 is 2.28 bits per heavy atom. The van der Waals surface area contributed by atoms with Gasteiger partial charge in [-0.3, -0.25) is 4.79 Å². The van der Waals surface area contributed by atoms with Crippen molar-refractivity contribution in [2.45, 2.75) is 19.3 Å². The molecule has 0 spiro atoms. The summed E-state index contributed by atoms with van der Waals surface area (Å²) in [6.45, 7) is 0. The lowest BCUT2D eigenvalue weighted by atomic mass is 9.93. The van der Waals surface area contributed by atoms with Crippen LogP contribution in [0.3, 0.4) is 0 Å². The Morgan fingerprint density at radius 1 is 1.44 bits per heavy atom. The Labute approximate surface area is 107 Å². The molecule has 1 atom stereocenters. The van der Waals surface area contributed by atoms with Crippen LogP contribution in [0.15, 0.2) is 24.7 Å². The monoisotopic (exact) mass is 246 g/mol. The zero-order valence-electron chi connectivity index (χ0n) is 10.8. The normalized spacial score (nSPS) is 18.4. The molecule has 5 heteroatoms. The van der Waals surface area contributed by atoms with Crippen molar-refractivity contribution in [3.8, 4) is 0 Å². The van der Waals surface area contributed by atoms with Crippen LogP contribution in [0.1, 0.15) is 19.3 Å². The van der Waals surface area contributed by atoms with E-state index in [9.17, 15) is 4.79 Å². The third kappa shape index (κ3) is 2.85. The molecule has 1 heterocycles. The number of carbonyl (C=O) groups is 1. The van der Waals surface area contributed by atoms with Gasteiger partial charge >= 0.3 is 0 Å². The van der Waals surface area contributed by atoms with E-state index in [0.717, 1.165) is 25.1 Å². The molecular formula is C13H18N4O. The van der Waals surface area contributed by atoms with Gasteiger partial charge in [-0.15, -0.1) is 0 Å². The highest BCUT2D eigenvalue weighted by Crippen LogP contribution is 2.23. The number of hydrogen-bond acceptors (Lipinski definition) is 4. The summed E-state index contributed by atoms with van der Waals surface area (Å²) < 4.78 is 0. The molecule has 0 saturated heterocycles. The van der Waals surface area contributed by atoms with Crippen LogP contribution in [0.2, 0.25) is 0 Å². The summed E-state index contributed by atoms with van der Waals surface area (Å²) >= 11 is 0. The van der Waals surface area contributed by atoms with Gasteiger partial charge in [0, 0.05) is 20.0 Å². The largest absolute Gasteiger partial charge is 0.361 e. The van der Waals surface area contributed by atoms with Crippen LogP contribution in [0.25, 0.3) is 0 Å². The van der Waals surface area contributed by atoms with E-state index in [-0.39, 0.29) is 11.8 Å². The minimum Gasteiger partial charge on any atom is -0.361 e. The molecule has 0 saturated carbocycles. The van der Waals surface area contributed by atoms with E-state index in [1.807, 2.05) is 19.0 Å². The molecule has 1 aromatic rings. The zero-order valence-corrected chi connectivity index (χ0v) is 10.8. The molecule has 1 aromatic heterocycles. The van der Waals surface area contributed by atoms with E-state index < -0.39 is 0 Å². The molecule has 0 radical (unpaired) electrons. The molecule has 0 bridgehead atoms. The van der Waals surface area contributed by atoms with Gasteiger partial charge in [-0.05, 0) is 19.3 Å². The van der Waals surface area contributed by atoms with Crippen LogP contribution in [0.5, 0.6) is 0 Å². The van der Waals surface area contributed by atoms with Crippen molar-refractivity contribution in [3.63, 3.8) is 0 Å². The number of nitrogens with one attached hydrogen (secondary N) is 1. The third-order valence-electron chi connectivity index (χ3n) is 3.01. The highest BCUT2D eigenvalue weighted by Gasteiger charge is 2.20. The minimum atomic E-state index is 0.0530. The molecule has 1 aliphatic rings. The van der Waals surface area contributed by atoms with Gasteiger partial charge < -0.3 is 10.2 Å². The van der Waals surface area contributed by atoms with E-state index in [1.54, 1.807) is 6.20 Å². The van der Waals surface area contributed by atoms with Crippen molar-refractivity contribution in [2.75, 3.05) is 24.3 Å². The Bertz CT molecular complexity index is 456. The maximum atomic E-state index is 12.1. The summed E-state index contributed by atoms with van der Waals surface area (Å²) in [5.41, 5.74) is 0.669. The fourth-order valence-corrected chi connectivity index (χ4v) is 2.03. The molecule has 1 aliphatic carbocycles. The lowest BCUT2D eigenvalue weighted by Crippen LogP contribution is -2.25. The van der Waals surface area contributed by atoms with Crippen LogP contribution in [0.4, 0.5) is 11.5 Å². The standard InChI is InChI=1S/C13H18N4O/c1-17(2)12-11(8-14-9-15-12)16-13(18)10-6-4-3-5-7-10/h3-4,8-10H,5-7H2,1-2H3,(H,16,18)/t10-/m1/s1. The number of hydrogen-bond donors (Lipinski definition) is 1. The maximum Gasteiger partial charge on any atom is 0.227 e. The predicted octanol–water partition coefficient (Wildman–Crippen LogP) is 1.84. The highest BCUT2D eigenvalue weighted by molar-refractivity contribution is 5.95. The summed E-state index contributed by atoms with van der Waals surface area (Å²) in [5.74, 6) is 0.840. The number of rotatable bonds is 3. The molecule has 0 aliphatic heterocycles. The van der Waals surface area contributed by atoms with Gasteiger partial charge in [-0.2, -0.15) is 0 Å². The number of amides is 1. The summed E-state index contributed by atoms with van der Waals surface area (Å²) in [6, 6.07) is 0. The molecule has 1 amide bonds. The quantitative estimate of drug-likeness (QED) is 0.827. The summed E-state index contributed by atoms with van der Waals surface area (Å²) in [4.78, 5) is 22.1. The van der Waals surface area contributed by atoms with Gasteiger partial charge in [0.1, 0.15) is 12.0 Å². The topological polar surface area (TPSA) is 58.1 Å². The van der Waals surface area contributed by atoms with Crippen molar-refractivity contribution in [3.05, 3.63) is 24.7 Å².